The lowest BCUT2D eigenvalue weighted by molar-refractivity contribution is 1.19. The number of benzene rings is 10. The van der Waals surface area contributed by atoms with Crippen LogP contribution in [0, 0.1) is 13.8 Å². The Hall–Kier alpha value is -7.68. The van der Waals surface area contributed by atoms with Crippen LogP contribution in [0.1, 0.15) is 11.1 Å². The molecular weight excluding hydrogens is 725 g/mol. The fraction of sp³-hybridized carbons (Fsp3) is 0.0345. The van der Waals surface area contributed by atoms with Gasteiger partial charge in [-0.25, -0.2) is 0 Å². The van der Waals surface area contributed by atoms with Gasteiger partial charge in [0.15, 0.2) is 0 Å². The molecule has 282 valence electrons. The minimum absolute atomic E-state index is 1.14. The Morgan fingerprint density at radius 2 is 0.883 bits per heavy atom. The first kappa shape index (κ1) is 34.4. The maximum absolute atomic E-state index is 2.48. The lowest BCUT2D eigenvalue weighted by atomic mass is 9.78. The summed E-state index contributed by atoms with van der Waals surface area (Å²) in [5.41, 5.74) is 19.7. The molecule has 0 N–H and O–H groups in total. The molecule has 0 amide bonds. The Morgan fingerprint density at radius 3 is 1.52 bits per heavy atom. The molecule has 0 bridgehead atoms. The number of fused-ring (bicyclic) bond motifs is 9. The number of rotatable bonds is 6. The number of hydrogen-bond acceptors (Lipinski definition) is 1. The van der Waals surface area contributed by atoms with Crippen LogP contribution in [-0.2, 0) is 0 Å². The number of para-hydroxylation sites is 3. The van der Waals surface area contributed by atoms with E-state index in [1.807, 2.05) is 0 Å². The van der Waals surface area contributed by atoms with Crippen LogP contribution in [0.5, 0.6) is 0 Å². The third-order valence-corrected chi connectivity index (χ3v) is 12.7. The summed E-state index contributed by atoms with van der Waals surface area (Å²) in [6.07, 6.45) is 0. The molecule has 1 aromatic heterocycles. The van der Waals surface area contributed by atoms with E-state index in [9.17, 15) is 0 Å². The fourth-order valence-corrected chi connectivity index (χ4v) is 9.82. The summed E-state index contributed by atoms with van der Waals surface area (Å²) < 4.78 is 2.41. The van der Waals surface area contributed by atoms with Crippen molar-refractivity contribution < 1.29 is 0 Å². The second-order valence-electron chi connectivity index (χ2n) is 16.3. The summed E-state index contributed by atoms with van der Waals surface area (Å²) in [5.74, 6) is 0. The summed E-state index contributed by atoms with van der Waals surface area (Å²) in [6, 6.07) is 76.1. The highest BCUT2D eigenvalue weighted by Crippen LogP contribution is 2.52. The summed E-state index contributed by atoms with van der Waals surface area (Å²) >= 11 is 0. The maximum Gasteiger partial charge on any atom is 0.0541 e. The minimum Gasteiger partial charge on any atom is -0.309 e. The molecule has 0 atom stereocenters. The van der Waals surface area contributed by atoms with Crippen molar-refractivity contribution in [2.45, 2.75) is 13.8 Å². The lowest BCUT2D eigenvalue weighted by Gasteiger charge is -2.31. The SMILES string of the molecule is Cc1cccc(C)c1N(c1ccc2cc3c(cc2c1)-c1cc2ccc(-n4c5ccccc5c5ccccc54)cc2cc1-3)c1ccc(-c2ccccc2)cc1-c1ccccc1. The van der Waals surface area contributed by atoms with Gasteiger partial charge in [0.05, 0.1) is 22.4 Å². The Balaban J connectivity index is 0.983. The van der Waals surface area contributed by atoms with Crippen molar-refractivity contribution in [3.05, 3.63) is 217 Å². The number of nitrogens with zero attached hydrogens (tertiary/aromatic N) is 2. The zero-order valence-corrected chi connectivity index (χ0v) is 33.5. The molecule has 1 aliphatic carbocycles. The third kappa shape index (κ3) is 5.35. The van der Waals surface area contributed by atoms with Gasteiger partial charge in [0, 0.05) is 27.7 Å². The van der Waals surface area contributed by atoms with Gasteiger partial charge in [0.1, 0.15) is 0 Å². The molecular formula is C58H40N2. The van der Waals surface area contributed by atoms with E-state index in [1.54, 1.807) is 0 Å². The second kappa shape index (κ2) is 13.4. The molecule has 0 fully saturated rings. The lowest BCUT2D eigenvalue weighted by Crippen LogP contribution is -2.14. The molecule has 11 aromatic rings. The number of aryl methyl sites for hydroxylation is 2. The molecule has 0 saturated carbocycles. The monoisotopic (exact) mass is 764 g/mol. The van der Waals surface area contributed by atoms with E-state index in [0.717, 1.165) is 11.4 Å². The van der Waals surface area contributed by atoms with Crippen molar-refractivity contribution in [1.82, 2.24) is 4.57 Å². The second-order valence-corrected chi connectivity index (χ2v) is 16.3. The molecule has 0 radical (unpaired) electrons. The Labute approximate surface area is 349 Å². The summed E-state index contributed by atoms with van der Waals surface area (Å²) in [5, 5.41) is 7.55. The van der Waals surface area contributed by atoms with Gasteiger partial charge in [-0.1, -0.05) is 133 Å². The number of anilines is 3. The Bertz CT molecular complexity index is 3430. The number of hydrogen-bond donors (Lipinski definition) is 0. The topological polar surface area (TPSA) is 8.17 Å². The first-order valence-electron chi connectivity index (χ1n) is 20.8. The Morgan fingerprint density at radius 1 is 0.350 bits per heavy atom. The molecule has 1 aliphatic rings. The van der Waals surface area contributed by atoms with E-state index in [-0.39, 0.29) is 0 Å². The highest BCUT2D eigenvalue weighted by molar-refractivity contribution is 6.13. The highest BCUT2D eigenvalue weighted by atomic mass is 15.1. The molecule has 0 unspecified atom stereocenters. The van der Waals surface area contributed by atoms with Gasteiger partial charge in [0.2, 0.25) is 0 Å². The largest absolute Gasteiger partial charge is 0.309 e. The fourth-order valence-electron chi connectivity index (χ4n) is 9.82. The van der Waals surface area contributed by atoms with Crippen LogP contribution >= 0.6 is 0 Å². The van der Waals surface area contributed by atoms with Crippen LogP contribution in [0.25, 0.3) is 93.5 Å². The average Bonchev–Trinajstić information content (AvgIpc) is 3.64. The van der Waals surface area contributed by atoms with Crippen molar-refractivity contribution >= 4 is 60.4 Å². The van der Waals surface area contributed by atoms with E-state index in [1.165, 1.54) is 110 Å². The van der Waals surface area contributed by atoms with Gasteiger partial charge in [0.25, 0.3) is 0 Å². The highest BCUT2D eigenvalue weighted by Gasteiger charge is 2.26. The van der Waals surface area contributed by atoms with E-state index in [2.05, 4.69) is 230 Å². The van der Waals surface area contributed by atoms with Gasteiger partial charge in [-0.15, -0.1) is 0 Å². The molecule has 2 heteroatoms. The molecule has 60 heavy (non-hydrogen) atoms. The molecule has 12 rings (SSSR count). The molecule has 10 aromatic carbocycles. The molecule has 1 heterocycles. The van der Waals surface area contributed by atoms with Crippen molar-refractivity contribution in [2.75, 3.05) is 4.90 Å². The van der Waals surface area contributed by atoms with E-state index < -0.39 is 0 Å². The zero-order chi connectivity index (χ0) is 39.9. The third-order valence-electron chi connectivity index (χ3n) is 12.7. The molecule has 2 nitrogen and oxygen atoms in total. The average molecular weight is 765 g/mol. The molecule has 0 saturated heterocycles. The van der Waals surface area contributed by atoms with Crippen molar-refractivity contribution in [3.63, 3.8) is 0 Å². The van der Waals surface area contributed by atoms with E-state index >= 15 is 0 Å². The zero-order valence-electron chi connectivity index (χ0n) is 33.5. The first-order valence-corrected chi connectivity index (χ1v) is 20.8. The van der Waals surface area contributed by atoms with Gasteiger partial charge in [-0.3, -0.25) is 0 Å². The Kier molecular flexibility index (Phi) is 7.70. The summed E-state index contributed by atoms with van der Waals surface area (Å²) in [6.45, 7) is 4.46. The van der Waals surface area contributed by atoms with Crippen LogP contribution in [0.2, 0.25) is 0 Å². The van der Waals surface area contributed by atoms with Crippen LogP contribution in [0.4, 0.5) is 17.1 Å². The van der Waals surface area contributed by atoms with Gasteiger partial charge in [-0.05, 0) is 158 Å². The summed E-state index contributed by atoms with van der Waals surface area (Å²) in [7, 11) is 0. The first-order chi connectivity index (χ1) is 29.6. The van der Waals surface area contributed by atoms with Gasteiger partial charge >= 0.3 is 0 Å². The maximum atomic E-state index is 2.48. The number of aromatic nitrogens is 1. The molecule has 0 aliphatic heterocycles. The van der Waals surface area contributed by atoms with Crippen LogP contribution in [0.3, 0.4) is 0 Å². The molecule has 0 spiro atoms. The van der Waals surface area contributed by atoms with Gasteiger partial charge in [-0.2, -0.15) is 0 Å². The van der Waals surface area contributed by atoms with Crippen LogP contribution < -0.4 is 4.90 Å². The predicted octanol–water partition coefficient (Wildman–Crippen LogP) is 16.2. The quantitative estimate of drug-likeness (QED) is 0.164. The van der Waals surface area contributed by atoms with E-state index in [4.69, 9.17) is 0 Å². The summed E-state index contributed by atoms with van der Waals surface area (Å²) in [4.78, 5) is 2.48. The normalized spacial score (nSPS) is 11.8. The van der Waals surface area contributed by atoms with Crippen molar-refractivity contribution in [2.24, 2.45) is 0 Å². The minimum atomic E-state index is 1.14. The smallest absolute Gasteiger partial charge is 0.0541 e. The standard InChI is InChI=1S/C58H40N2/c1-37-14-13-15-38(2)58(37)60(57-29-26-41(39-16-5-3-6-17-39)32-50(57)40-18-7-4-8-19-40)47-28-25-43-34-52-53-35-44-30-46(27-24-42(44)33-51(53)54(52)36-45(43)31-47)59-55-22-11-9-20-48(55)49-21-10-12-23-56(49)59/h3-36H,1-2H3. The van der Waals surface area contributed by atoms with Crippen molar-refractivity contribution in [1.29, 1.82) is 0 Å². The van der Waals surface area contributed by atoms with E-state index in [0.29, 0.717) is 0 Å². The van der Waals surface area contributed by atoms with Crippen LogP contribution in [-0.4, -0.2) is 4.57 Å². The predicted molar refractivity (Wildman–Crippen MR) is 255 cm³/mol. The van der Waals surface area contributed by atoms with Crippen molar-refractivity contribution in [3.8, 4) is 50.2 Å². The van der Waals surface area contributed by atoms with Gasteiger partial charge < -0.3 is 9.47 Å². The van der Waals surface area contributed by atoms with Crippen LogP contribution in [0.15, 0.2) is 206 Å².